The van der Waals surface area contributed by atoms with Gasteiger partial charge in [-0.2, -0.15) is 0 Å². The second kappa shape index (κ2) is 4.36. The van der Waals surface area contributed by atoms with E-state index >= 15 is 0 Å². The lowest BCUT2D eigenvalue weighted by atomic mass is 9.89. The van der Waals surface area contributed by atoms with Gasteiger partial charge in [0, 0.05) is 0 Å². The molecule has 1 aliphatic heterocycles. The van der Waals surface area contributed by atoms with E-state index in [0.717, 1.165) is 25.7 Å². The van der Waals surface area contributed by atoms with Gasteiger partial charge in [-0.05, 0) is 45.4 Å². The molecule has 0 aromatic heterocycles. The van der Waals surface area contributed by atoms with E-state index in [4.69, 9.17) is 9.47 Å². The smallest absolute Gasteiger partial charge is 0.311 e. The number of hydrogen-bond acceptors (Lipinski definition) is 3. The van der Waals surface area contributed by atoms with E-state index in [2.05, 4.69) is 0 Å². The first-order valence-electron chi connectivity index (χ1n) is 6.35. The highest BCUT2D eigenvalue weighted by Crippen LogP contribution is 2.39. The van der Waals surface area contributed by atoms with Crippen LogP contribution >= 0.6 is 0 Å². The molecule has 1 heterocycles. The zero-order valence-electron chi connectivity index (χ0n) is 10.5. The maximum atomic E-state index is 11.8. The largest absolute Gasteiger partial charge is 0.465 e. The minimum absolute atomic E-state index is 0.0613. The van der Waals surface area contributed by atoms with Gasteiger partial charge in [-0.25, -0.2) is 0 Å². The molecule has 0 aromatic carbocycles. The number of ether oxygens (including phenoxy) is 2. The van der Waals surface area contributed by atoms with E-state index in [1.54, 1.807) is 0 Å². The predicted molar refractivity (Wildman–Crippen MR) is 61.0 cm³/mol. The Bertz CT molecular complexity index is 272. The molecule has 92 valence electrons. The molecule has 0 radical (unpaired) electrons. The summed E-state index contributed by atoms with van der Waals surface area (Å²) in [5.74, 6) is 0.453. The summed E-state index contributed by atoms with van der Waals surface area (Å²) in [6, 6.07) is 0. The summed E-state index contributed by atoms with van der Waals surface area (Å²) < 4.78 is 10.9. The van der Waals surface area contributed by atoms with E-state index in [1.807, 2.05) is 20.8 Å². The van der Waals surface area contributed by atoms with Gasteiger partial charge in [0.25, 0.3) is 0 Å². The summed E-state index contributed by atoms with van der Waals surface area (Å²) in [5, 5.41) is 0. The highest BCUT2D eigenvalue weighted by atomic mass is 16.6. The van der Waals surface area contributed by atoms with Crippen molar-refractivity contribution in [2.24, 2.45) is 11.3 Å². The maximum absolute atomic E-state index is 11.8. The van der Waals surface area contributed by atoms with Crippen LogP contribution < -0.4 is 0 Å². The molecular formula is C13H22O3. The van der Waals surface area contributed by atoms with E-state index in [-0.39, 0.29) is 11.4 Å². The number of carbonyl (C=O) groups is 1. The van der Waals surface area contributed by atoms with Gasteiger partial charge in [-0.1, -0.05) is 6.92 Å². The van der Waals surface area contributed by atoms with Crippen molar-refractivity contribution in [2.75, 3.05) is 6.61 Å². The monoisotopic (exact) mass is 226 g/mol. The molecule has 0 N–H and O–H groups in total. The number of rotatable bonds is 4. The van der Waals surface area contributed by atoms with E-state index in [9.17, 15) is 4.79 Å². The number of carbonyl (C=O) groups excluding carboxylic acids is 1. The summed E-state index contributed by atoms with van der Waals surface area (Å²) in [6.45, 7) is 6.48. The molecule has 0 amide bonds. The van der Waals surface area contributed by atoms with Crippen LogP contribution in [0.5, 0.6) is 0 Å². The Labute approximate surface area is 97.5 Å². The molecule has 16 heavy (non-hydrogen) atoms. The summed E-state index contributed by atoms with van der Waals surface area (Å²) in [7, 11) is 0. The molecule has 0 spiro atoms. The Morgan fingerprint density at radius 3 is 2.75 bits per heavy atom. The fraction of sp³-hybridized carbons (Fsp3) is 0.923. The zero-order chi connectivity index (χ0) is 11.8. The Balaban J connectivity index is 1.72. The molecule has 3 unspecified atom stereocenters. The van der Waals surface area contributed by atoms with Gasteiger partial charge >= 0.3 is 5.97 Å². The van der Waals surface area contributed by atoms with Gasteiger partial charge < -0.3 is 9.47 Å². The average molecular weight is 226 g/mol. The van der Waals surface area contributed by atoms with Crippen LogP contribution in [0.1, 0.15) is 46.5 Å². The molecule has 3 atom stereocenters. The molecule has 0 aromatic rings. The zero-order valence-corrected chi connectivity index (χ0v) is 10.5. The number of epoxide rings is 1. The standard InChI is InChI=1S/C13H22O3/c1-4-13(2,3)12(14)15-8-9-5-6-10-11(7-9)16-10/h9-11H,4-8H2,1-3H3. The lowest BCUT2D eigenvalue weighted by Gasteiger charge is -2.24. The van der Waals surface area contributed by atoms with Gasteiger partial charge in [0.2, 0.25) is 0 Å². The summed E-state index contributed by atoms with van der Waals surface area (Å²) in [4.78, 5) is 11.8. The Kier molecular flexibility index (Phi) is 3.24. The Morgan fingerprint density at radius 2 is 2.12 bits per heavy atom. The normalized spacial score (nSPS) is 33.1. The topological polar surface area (TPSA) is 38.8 Å². The van der Waals surface area contributed by atoms with Crippen LogP contribution in [0.15, 0.2) is 0 Å². The third kappa shape index (κ3) is 2.57. The number of hydrogen-bond donors (Lipinski definition) is 0. The lowest BCUT2D eigenvalue weighted by molar-refractivity contribution is -0.155. The van der Waals surface area contributed by atoms with Crippen molar-refractivity contribution < 1.29 is 14.3 Å². The molecule has 2 fully saturated rings. The third-order valence-corrected chi connectivity index (χ3v) is 4.00. The highest BCUT2D eigenvalue weighted by molar-refractivity contribution is 5.75. The van der Waals surface area contributed by atoms with Crippen molar-refractivity contribution in [3.63, 3.8) is 0 Å². The first kappa shape index (κ1) is 11.9. The van der Waals surface area contributed by atoms with Crippen LogP contribution in [0.25, 0.3) is 0 Å². The minimum Gasteiger partial charge on any atom is -0.465 e. The Hall–Kier alpha value is -0.570. The van der Waals surface area contributed by atoms with Gasteiger partial charge in [0.1, 0.15) is 0 Å². The quantitative estimate of drug-likeness (QED) is 0.546. The summed E-state index contributed by atoms with van der Waals surface area (Å²) in [6.07, 6.45) is 5.18. The second-order valence-corrected chi connectivity index (χ2v) is 5.73. The van der Waals surface area contributed by atoms with E-state index in [0.29, 0.717) is 24.7 Å². The Morgan fingerprint density at radius 1 is 1.38 bits per heavy atom. The average Bonchev–Trinajstić information content (AvgIpc) is 3.03. The molecule has 2 rings (SSSR count). The molecule has 0 bridgehead atoms. The fourth-order valence-corrected chi connectivity index (χ4v) is 2.17. The maximum Gasteiger partial charge on any atom is 0.311 e. The van der Waals surface area contributed by atoms with Gasteiger partial charge in [-0.3, -0.25) is 4.79 Å². The molecule has 3 heteroatoms. The lowest BCUT2D eigenvalue weighted by Crippen LogP contribution is -2.29. The first-order valence-corrected chi connectivity index (χ1v) is 6.35. The second-order valence-electron chi connectivity index (χ2n) is 5.73. The van der Waals surface area contributed by atoms with Gasteiger partial charge in [0.05, 0.1) is 24.2 Å². The van der Waals surface area contributed by atoms with Crippen LogP contribution in [0.2, 0.25) is 0 Å². The SMILES string of the molecule is CCC(C)(C)C(=O)OCC1CCC2OC2C1. The van der Waals surface area contributed by atoms with E-state index < -0.39 is 0 Å². The van der Waals surface area contributed by atoms with Crippen LogP contribution in [0, 0.1) is 11.3 Å². The van der Waals surface area contributed by atoms with Crippen LogP contribution in [-0.2, 0) is 14.3 Å². The molecule has 1 aliphatic carbocycles. The number of esters is 1. The first-order chi connectivity index (χ1) is 7.53. The highest BCUT2D eigenvalue weighted by Gasteiger charge is 2.44. The van der Waals surface area contributed by atoms with Crippen molar-refractivity contribution in [1.29, 1.82) is 0 Å². The number of fused-ring (bicyclic) bond motifs is 1. The van der Waals surface area contributed by atoms with E-state index in [1.165, 1.54) is 0 Å². The van der Waals surface area contributed by atoms with Gasteiger partial charge in [0.15, 0.2) is 0 Å². The van der Waals surface area contributed by atoms with Crippen molar-refractivity contribution in [2.45, 2.75) is 58.7 Å². The van der Waals surface area contributed by atoms with Crippen molar-refractivity contribution >= 4 is 5.97 Å². The van der Waals surface area contributed by atoms with Crippen molar-refractivity contribution in [3.8, 4) is 0 Å². The predicted octanol–water partition coefficient (Wildman–Crippen LogP) is 2.53. The molecule has 1 saturated heterocycles. The van der Waals surface area contributed by atoms with Gasteiger partial charge in [-0.15, -0.1) is 0 Å². The third-order valence-electron chi connectivity index (χ3n) is 4.00. The van der Waals surface area contributed by atoms with Crippen LogP contribution in [0.3, 0.4) is 0 Å². The molecular weight excluding hydrogens is 204 g/mol. The summed E-state index contributed by atoms with van der Waals surface area (Å²) >= 11 is 0. The minimum atomic E-state index is -0.340. The molecule has 1 saturated carbocycles. The van der Waals surface area contributed by atoms with Crippen LogP contribution in [-0.4, -0.2) is 24.8 Å². The molecule has 3 nitrogen and oxygen atoms in total. The summed E-state index contributed by atoms with van der Waals surface area (Å²) in [5.41, 5.74) is -0.340. The molecule has 2 aliphatic rings. The van der Waals surface area contributed by atoms with Crippen molar-refractivity contribution in [3.05, 3.63) is 0 Å². The van der Waals surface area contributed by atoms with Crippen LogP contribution in [0.4, 0.5) is 0 Å². The fourth-order valence-electron chi connectivity index (χ4n) is 2.17. The van der Waals surface area contributed by atoms with Crippen molar-refractivity contribution in [1.82, 2.24) is 0 Å².